The molecule has 134 valence electrons. The average Bonchev–Trinajstić information content (AvgIpc) is 2.54. The first-order valence-corrected chi connectivity index (χ1v) is 9.02. The molecule has 1 rings (SSSR count). The van der Waals surface area contributed by atoms with E-state index in [2.05, 4.69) is 36.9 Å². The number of guanidine groups is 1. The van der Waals surface area contributed by atoms with Crippen LogP contribution in [0.25, 0.3) is 0 Å². The maximum Gasteiger partial charge on any atom is 0.226 e. The first kappa shape index (κ1) is 20.4. The molecule has 24 heavy (non-hydrogen) atoms. The highest BCUT2D eigenvalue weighted by molar-refractivity contribution is 9.10. The summed E-state index contributed by atoms with van der Waals surface area (Å²) in [4.78, 5) is 16.4. The fourth-order valence-electron chi connectivity index (χ4n) is 1.98. The van der Waals surface area contributed by atoms with Gasteiger partial charge in [0.2, 0.25) is 5.91 Å². The fraction of sp³-hybridized carbons (Fsp3) is 0.529. The third-order valence-electron chi connectivity index (χ3n) is 3.16. The van der Waals surface area contributed by atoms with Gasteiger partial charge in [0, 0.05) is 36.3 Å². The Hall–Kier alpha value is -1.60. The minimum atomic E-state index is -0.0295. The van der Waals surface area contributed by atoms with Crippen molar-refractivity contribution in [2.75, 3.05) is 38.2 Å². The first-order valence-electron chi connectivity index (χ1n) is 8.22. The molecule has 0 fully saturated rings. The highest BCUT2D eigenvalue weighted by atomic mass is 79.9. The van der Waals surface area contributed by atoms with Crippen molar-refractivity contribution >= 4 is 33.5 Å². The zero-order valence-electron chi connectivity index (χ0n) is 14.6. The van der Waals surface area contributed by atoms with Gasteiger partial charge >= 0.3 is 0 Å². The van der Waals surface area contributed by atoms with Crippen LogP contribution in [0.5, 0.6) is 0 Å². The molecule has 3 N–H and O–H groups in total. The molecule has 0 bridgehead atoms. The summed E-state index contributed by atoms with van der Waals surface area (Å²) in [5.41, 5.74) is 1.86. The SMILES string of the molecule is CCNC(=NCCOCC)NCCC(=O)Nc1ccc(Br)cc1C. The number of aliphatic imine (C=N–C) groups is 1. The number of amides is 1. The lowest BCUT2D eigenvalue weighted by Gasteiger charge is -2.12. The van der Waals surface area contributed by atoms with Gasteiger partial charge in [-0.15, -0.1) is 0 Å². The van der Waals surface area contributed by atoms with Gasteiger partial charge in [-0.3, -0.25) is 9.79 Å². The van der Waals surface area contributed by atoms with Crippen LogP contribution in [-0.2, 0) is 9.53 Å². The molecule has 1 amide bonds. The predicted molar refractivity (Wildman–Crippen MR) is 103 cm³/mol. The predicted octanol–water partition coefficient (Wildman–Crippen LogP) is 2.68. The molecule has 0 aliphatic carbocycles. The van der Waals surface area contributed by atoms with Gasteiger partial charge in [0.1, 0.15) is 0 Å². The van der Waals surface area contributed by atoms with Crippen LogP contribution >= 0.6 is 15.9 Å². The molecule has 1 aromatic rings. The lowest BCUT2D eigenvalue weighted by Crippen LogP contribution is -2.39. The van der Waals surface area contributed by atoms with Crippen molar-refractivity contribution < 1.29 is 9.53 Å². The molecule has 0 atom stereocenters. The number of ether oxygens (including phenoxy) is 1. The number of hydrogen-bond donors (Lipinski definition) is 3. The maximum absolute atomic E-state index is 12.0. The molecule has 0 saturated carbocycles. The van der Waals surface area contributed by atoms with Crippen molar-refractivity contribution in [3.8, 4) is 0 Å². The molecule has 0 spiro atoms. The Balaban J connectivity index is 2.38. The van der Waals surface area contributed by atoms with Crippen molar-refractivity contribution in [2.24, 2.45) is 4.99 Å². The Morgan fingerprint density at radius 2 is 2.08 bits per heavy atom. The Morgan fingerprint density at radius 3 is 2.75 bits per heavy atom. The van der Waals surface area contributed by atoms with E-state index < -0.39 is 0 Å². The molecule has 0 unspecified atom stereocenters. The molecule has 6 nitrogen and oxygen atoms in total. The zero-order chi connectivity index (χ0) is 17.8. The second kappa shape index (κ2) is 11.9. The van der Waals surface area contributed by atoms with Crippen LogP contribution in [0, 0.1) is 6.92 Å². The van der Waals surface area contributed by atoms with Crippen molar-refractivity contribution in [3.05, 3.63) is 28.2 Å². The number of hydrogen-bond acceptors (Lipinski definition) is 3. The topological polar surface area (TPSA) is 74.8 Å². The Labute approximate surface area is 152 Å². The molecule has 1 aromatic carbocycles. The summed E-state index contributed by atoms with van der Waals surface area (Å²) < 4.78 is 6.26. The number of carbonyl (C=O) groups excluding carboxylic acids is 1. The number of rotatable bonds is 9. The number of halogens is 1. The van der Waals surface area contributed by atoms with Crippen LogP contribution in [0.15, 0.2) is 27.7 Å². The number of nitrogens with one attached hydrogen (secondary N) is 3. The summed E-state index contributed by atoms with van der Waals surface area (Å²) in [6.07, 6.45) is 0.366. The van der Waals surface area contributed by atoms with Gasteiger partial charge in [0.15, 0.2) is 5.96 Å². The van der Waals surface area contributed by atoms with E-state index in [1.807, 2.05) is 39.0 Å². The monoisotopic (exact) mass is 398 g/mol. The van der Waals surface area contributed by atoms with E-state index in [0.717, 1.165) is 22.3 Å². The third-order valence-corrected chi connectivity index (χ3v) is 3.65. The molecule has 0 saturated heterocycles. The van der Waals surface area contributed by atoms with Crippen molar-refractivity contribution in [2.45, 2.75) is 27.2 Å². The molecule has 7 heteroatoms. The quantitative estimate of drug-likeness (QED) is 0.339. The second-order valence-corrected chi connectivity index (χ2v) is 6.06. The van der Waals surface area contributed by atoms with Gasteiger partial charge in [-0.1, -0.05) is 15.9 Å². The van der Waals surface area contributed by atoms with Crippen LogP contribution in [-0.4, -0.2) is 44.7 Å². The average molecular weight is 399 g/mol. The minimum Gasteiger partial charge on any atom is -0.380 e. The smallest absolute Gasteiger partial charge is 0.226 e. The summed E-state index contributed by atoms with van der Waals surface area (Å²) in [7, 11) is 0. The molecule has 0 aliphatic rings. The van der Waals surface area contributed by atoms with Crippen molar-refractivity contribution in [1.82, 2.24) is 10.6 Å². The standard InChI is InChI=1S/C17H27BrN4O2/c1-4-19-17(21-10-11-24-5-2)20-9-8-16(23)22-15-7-6-14(18)12-13(15)3/h6-7,12H,4-5,8-11H2,1-3H3,(H,22,23)(H2,19,20,21). The maximum atomic E-state index is 12.0. The Morgan fingerprint density at radius 1 is 1.29 bits per heavy atom. The van der Waals surface area contributed by atoms with E-state index in [0.29, 0.717) is 38.7 Å². The van der Waals surface area contributed by atoms with Crippen LogP contribution in [0.4, 0.5) is 5.69 Å². The van der Waals surface area contributed by atoms with Gasteiger partial charge in [-0.25, -0.2) is 0 Å². The number of anilines is 1. The third kappa shape index (κ3) is 8.31. The largest absolute Gasteiger partial charge is 0.380 e. The van der Waals surface area contributed by atoms with Gasteiger partial charge in [0.05, 0.1) is 13.2 Å². The molecule has 0 heterocycles. The van der Waals surface area contributed by atoms with Gasteiger partial charge < -0.3 is 20.7 Å². The van der Waals surface area contributed by atoms with E-state index >= 15 is 0 Å². The van der Waals surface area contributed by atoms with Crippen LogP contribution < -0.4 is 16.0 Å². The van der Waals surface area contributed by atoms with Gasteiger partial charge in [0.25, 0.3) is 0 Å². The lowest BCUT2D eigenvalue weighted by molar-refractivity contribution is -0.116. The van der Waals surface area contributed by atoms with E-state index in [1.54, 1.807) is 0 Å². The highest BCUT2D eigenvalue weighted by Crippen LogP contribution is 2.19. The molecule has 0 aliphatic heterocycles. The summed E-state index contributed by atoms with van der Waals surface area (Å²) in [6.45, 7) is 9.08. The zero-order valence-corrected chi connectivity index (χ0v) is 16.2. The minimum absolute atomic E-state index is 0.0295. The summed E-state index contributed by atoms with van der Waals surface area (Å²) in [5.74, 6) is 0.669. The summed E-state index contributed by atoms with van der Waals surface area (Å²) >= 11 is 3.41. The van der Waals surface area contributed by atoms with E-state index in [4.69, 9.17) is 4.74 Å². The van der Waals surface area contributed by atoms with Gasteiger partial charge in [-0.2, -0.15) is 0 Å². The molecular formula is C17H27BrN4O2. The second-order valence-electron chi connectivity index (χ2n) is 5.14. The van der Waals surface area contributed by atoms with Crippen LogP contribution in [0.1, 0.15) is 25.8 Å². The van der Waals surface area contributed by atoms with Crippen LogP contribution in [0.3, 0.4) is 0 Å². The molecular weight excluding hydrogens is 372 g/mol. The molecule has 0 radical (unpaired) electrons. The normalized spacial score (nSPS) is 11.2. The molecule has 0 aromatic heterocycles. The number of carbonyl (C=O) groups is 1. The number of nitrogens with zero attached hydrogens (tertiary/aromatic N) is 1. The number of aryl methyl sites for hydroxylation is 1. The lowest BCUT2D eigenvalue weighted by atomic mass is 10.2. The summed E-state index contributed by atoms with van der Waals surface area (Å²) in [6, 6.07) is 5.78. The summed E-state index contributed by atoms with van der Waals surface area (Å²) in [5, 5.41) is 9.22. The highest BCUT2D eigenvalue weighted by Gasteiger charge is 2.06. The fourth-order valence-corrected chi connectivity index (χ4v) is 2.46. The van der Waals surface area contributed by atoms with Crippen LogP contribution in [0.2, 0.25) is 0 Å². The van der Waals surface area contributed by atoms with E-state index in [1.165, 1.54) is 0 Å². The van der Waals surface area contributed by atoms with E-state index in [-0.39, 0.29) is 5.91 Å². The Kier molecular flexibility index (Phi) is 10.1. The first-order chi connectivity index (χ1) is 11.6. The van der Waals surface area contributed by atoms with Gasteiger partial charge in [-0.05, 0) is 44.5 Å². The Bertz CT molecular complexity index is 549. The van der Waals surface area contributed by atoms with E-state index in [9.17, 15) is 4.79 Å². The van der Waals surface area contributed by atoms with Crippen molar-refractivity contribution in [1.29, 1.82) is 0 Å². The number of benzene rings is 1. The van der Waals surface area contributed by atoms with Crippen molar-refractivity contribution in [3.63, 3.8) is 0 Å².